The smallest absolute Gasteiger partial charge is 0.320 e. The first-order chi connectivity index (χ1) is 7.63. The monoisotopic (exact) mass is 242 g/mol. The Labute approximate surface area is 100 Å². The van der Waals surface area contributed by atoms with Gasteiger partial charge in [0.05, 0.1) is 18.7 Å². The van der Waals surface area contributed by atoms with Crippen molar-refractivity contribution in [3.63, 3.8) is 0 Å². The van der Waals surface area contributed by atoms with Crippen molar-refractivity contribution in [2.75, 3.05) is 13.2 Å². The number of nitrogens with zero attached hydrogens (tertiary/aromatic N) is 2. The summed E-state index contributed by atoms with van der Waals surface area (Å²) >= 11 is 1.60. The molecule has 1 aromatic rings. The molecule has 16 heavy (non-hydrogen) atoms. The Morgan fingerprint density at radius 3 is 2.88 bits per heavy atom. The van der Waals surface area contributed by atoms with Crippen LogP contribution in [0.5, 0.6) is 0 Å². The summed E-state index contributed by atoms with van der Waals surface area (Å²) in [5, 5.41) is 0. The Kier molecular flexibility index (Phi) is 5.42. The van der Waals surface area contributed by atoms with Crippen LogP contribution in [0.4, 0.5) is 0 Å². The van der Waals surface area contributed by atoms with Crippen molar-refractivity contribution < 1.29 is 9.53 Å². The molecule has 0 spiro atoms. The van der Waals surface area contributed by atoms with Crippen molar-refractivity contribution in [2.24, 2.45) is 0 Å². The van der Waals surface area contributed by atoms with Crippen molar-refractivity contribution >= 4 is 17.3 Å². The molecular formula is C11H18N2O2S. The van der Waals surface area contributed by atoms with Gasteiger partial charge >= 0.3 is 5.97 Å². The Hall–Kier alpha value is -0.940. The number of aromatic nitrogens is 1. The highest BCUT2D eigenvalue weighted by molar-refractivity contribution is 7.09. The molecule has 0 N–H and O–H groups in total. The summed E-state index contributed by atoms with van der Waals surface area (Å²) in [5.41, 5.74) is 1.80. The molecule has 1 heterocycles. The summed E-state index contributed by atoms with van der Waals surface area (Å²) < 4.78 is 4.95. The van der Waals surface area contributed by atoms with Crippen LogP contribution < -0.4 is 0 Å². The highest BCUT2D eigenvalue weighted by Crippen LogP contribution is 2.11. The maximum absolute atomic E-state index is 11.4. The molecule has 0 saturated carbocycles. The number of hydrogen-bond donors (Lipinski definition) is 0. The van der Waals surface area contributed by atoms with Crippen LogP contribution in [0.25, 0.3) is 0 Å². The Balaban J connectivity index is 2.51. The third-order valence-corrected chi connectivity index (χ3v) is 2.97. The molecule has 0 fully saturated rings. The van der Waals surface area contributed by atoms with E-state index in [1.165, 1.54) is 0 Å². The SMILES string of the molecule is CCOC(=O)CN(Cc1cncs1)C(C)C. The minimum absolute atomic E-state index is 0.166. The van der Waals surface area contributed by atoms with E-state index in [2.05, 4.69) is 23.7 Å². The molecule has 0 aliphatic carbocycles. The van der Waals surface area contributed by atoms with E-state index in [0.29, 0.717) is 19.2 Å². The highest BCUT2D eigenvalue weighted by Gasteiger charge is 2.15. The fourth-order valence-electron chi connectivity index (χ4n) is 1.31. The van der Waals surface area contributed by atoms with Gasteiger partial charge in [-0.1, -0.05) is 0 Å². The number of thiazole rings is 1. The first-order valence-corrected chi connectivity index (χ1v) is 6.28. The molecule has 0 bridgehead atoms. The quantitative estimate of drug-likeness (QED) is 0.715. The minimum Gasteiger partial charge on any atom is -0.465 e. The first kappa shape index (κ1) is 13.1. The molecule has 1 aromatic heterocycles. The van der Waals surface area contributed by atoms with Crippen molar-refractivity contribution in [1.29, 1.82) is 0 Å². The second kappa shape index (κ2) is 6.60. The fourth-order valence-corrected chi connectivity index (χ4v) is 1.93. The van der Waals surface area contributed by atoms with Gasteiger partial charge in [-0.25, -0.2) is 0 Å². The number of ether oxygens (including phenoxy) is 1. The summed E-state index contributed by atoms with van der Waals surface area (Å²) in [7, 11) is 0. The molecule has 1 rings (SSSR count). The van der Waals surface area contributed by atoms with Gasteiger partial charge in [-0.3, -0.25) is 14.7 Å². The van der Waals surface area contributed by atoms with Crippen molar-refractivity contribution in [3.05, 3.63) is 16.6 Å². The van der Waals surface area contributed by atoms with E-state index in [0.717, 1.165) is 11.4 Å². The van der Waals surface area contributed by atoms with Gasteiger partial charge in [0.1, 0.15) is 0 Å². The molecule has 0 amide bonds. The van der Waals surface area contributed by atoms with Crippen LogP contribution in [0, 0.1) is 0 Å². The predicted octanol–water partition coefficient (Wildman–Crippen LogP) is 1.92. The normalized spacial score (nSPS) is 11.1. The van der Waals surface area contributed by atoms with Gasteiger partial charge in [0.15, 0.2) is 0 Å². The summed E-state index contributed by atoms with van der Waals surface area (Å²) in [5.74, 6) is -0.166. The van der Waals surface area contributed by atoms with Gasteiger partial charge in [0.2, 0.25) is 0 Å². The number of esters is 1. The van der Waals surface area contributed by atoms with Crippen molar-refractivity contribution in [3.8, 4) is 0 Å². The summed E-state index contributed by atoms with van der Waals surface area (Å²) in [6.45, 7) is 7.48. The average molecular weight is 242 g/mol. The predicted molar refractivity (Wildman–Crippen MR) is 64.3 cm³/mol. The van der Waals surface area contributed by atoms with Crippen molar-refractivity contribution in [1.82, 2.24) is 9.88 Å². The lowest BCUT2D eigenvalue weighted by Gasteiger charge is -2.24. The standard InChI is InChI=1S/C11H18N2O2S/c1-4-15-11(14)7-13(9(2)3)6-10-5-12-8-16-10/h5,8-9H,4,6-7H2,1-3H3. The van der Waals surface area contributed by atoms with Gasteiger partial charge in [0, 0.05) is 23.7 Å². The second-order valence-corrected chi connectivity index (χ2v) is 4.74. The molecule has 0 atom stereocenters. The molecule has 4 nitrogen and oxygen atoms in total. The Bertz CT molecular complexity index is 312. The molecule has 0 unspecified atom stereocenters. The molecule has 0 aliphatic heterocycles. The van der Waals surface area contributed by atoms with Gasteiger partial charge in [-0.05, 0) is 20.8 Å². The van der Waals surface area contributed by atoms with Gasteiger partial charge in [-0.2, -0.15) is 0 Å². The number of carbonyl (C=O) groups is 1. The Morgan fingerprint density at radius 1 is 1.62 bits per heavy atom. The summed E-state index contributed by atoms with van der Waals surface area (Å²) in [4.78, 5) is 18.7. The van der Waals surface area contributed by atoms with Gasteiger partial charge < -0.3 is 4.74 Å². The van der Waals surface area contributed by atoms with Crippen LogP contribution in [0.15, 0.2) is 11.7 Å². The van der Waals surface area contributed by atoms with E-state index >= 15 is 0 Å². The molecule has 0 aliphatic rings. The van der Waals surface area contributed by atoms with Crippen LogP contribution in [-0.4, -0.2) is 35.0 Å². The number of rotatable bonds is 6. The average Bonchev–Trinajstić information content (AvgIpc) is 2.69. The van der Waals surface area contributed by atoms with Crippen LogP contribution >= 0.6 is 11.3 Å². The Morgan fingerprint density at radius 2 is 2.38 bits per heavy atom. The zero-order valence-corrected chi connectivity index (χ0v) is 10.8. The maximum Gasteiger partial charge on any atom is 0.320 e. The topological polar surface area (TPSA) is 42.4 Å². The second-order valence-electron chi connectivity index (χ2n) is 3.77. The first-order valence-electron chi connectivity index (χ1n) is 5.40. The van der Waals surface area contributed by atoms with Gasteiger partial charge in [-0.15, -0.1) is 11.3 Å². The molecule has 90 valence electrons. The van der Waals surface area contributed by atoms with Crippen molar-refractivity contribution in [2.45, 2.75) is 33.4 Å². The lowest BCUT2D eigenvalue weighted by molar-refractivity contribution is -0.145. The van der Waals surface area contributed by atoms with Crippen LogP contribution in [0.3, 0.4) is 0 Å². The zero-order valence-electron chi connectivity index (χ0n) is 9.97. The highest BCUT2D eigenvalue weighted by atomic mass is 32.1. The third kappa shape index (κ3) is 4.28. The van der Waals surface area contributed by atoms with Crippen LogP contribution in [0.2, 0.25) is 0 Å². The van der Waals surface area contributed by atoms with Crippen LogP contribution in [-0.2, 0) is 16.1 Å². The maximum atomic E-state index is 11.4. The molecule has 0 radical (unpaired) electrons. The molecular weight excluding hydrogens is 224 g/mol. The number of carbonyl (C=O) groups excluding carboxylic acids is 1. The van der Waals surface area contributed by atoms with E-state index in [-0.39, 0.29) is 5.97 Å². The summed E-state index contributed by atoms with van der Waals surface area (Å²) in [6.07, 6.45) is 1.84. The molecule has 0 saturated heterocycles. The van der Waals surface area contributed by atoms with E-state index < -0.39 is 0 Å². The zero-order chi connectivity index (χ0) is 12.0. The third-order valence-electron chi connectivity index (χ3n) is 2.21. The van der Waals surface area contributed by atoms with E-state index in [1.54, 1.807) is 16.8 Å². The molecule has 5 heteroatoms. The summed E-state index contributed by atoms with van der Waals surface area (Å²) in [6, 6.07) is 0.312. The van der Waals surface area contributed by atoms with E-state index in [4.69, 9.17) is 4.74 Å². The lowest BCUT2D eigenvalue weighted by atomic mass is 10.3. The van der Waals surface area contributed by atoms with Crippen LogP contribution in [0.1, 0.15) is 25.6 Å². The lowest BCUT2D eigenvalue weighted by Crippen LogP contribution is -2.35. The minimum atomic E-state index is -0.166. The largest absolute Gasteiger partial charge is 0.465 e. The molecule has 0 aromatic carbocycles. The van der Waals surface area contributed by atoms with E-state index in [9.17, 15) is 4.79 Å². The van der Waals surface area contributed by atoms with E-state index in [1.807, 2.05) is 13.1 Å². The fraction of sp³-hybridized carbons (Fsp3) is 0.636. The van der Waals surface area contributed by atoms with Gasteiger partial charge in [0.25, 0.3) is 0 Å². The number of hydrogen-bond acceptors (Lipinski definition) is 5.